The van der Waals surface area contributed by atoms with Crippen molar-refractivity contribution in [1.82, 2.24) is 9.88 Å². The zero-order valence-electron chi connectivity index (χ0n) is 8.61. The monoisotopic (exact) mass is 224 g/mol. The van der Waals surface area contributed by atoms with Gasteiger partial charge in [0.25, 0.3) is 0 Å². The minimum absolute atomic E-state index is 0.132. The highest BCUT2D eigenvalue weighted by Crippen LogP contribution is 2.31. The topological polar surface area (TPSA) is 33.2 Å². The van der Waals surface area contributed by atoms with Gasteiger partial charge in [-0.2, -0.15) is 0 Å². The third-order valence-electron chi connectivity index (χ3n) is 2.79. The number of carbonyl (C=O) groups is 1. The summed E-state index contributed by atoms with van der Waals surface area (Å²) >= 11 is 5.73. The van der Waals surface area contributed by atoms with Crippen molar-refractivity contribution in [3.05, 3.63) is 29.0 Å². The van der Waals surface area contributed by atoms with E-state index in [-0.39, 0.29) is 11.9 Å². The van der Waals surface area contributed by atoms with E-state index in [1.807, 2.05) is 11.0 Å². The summed E-state index contributed by atoms with van der Waals surface area (Å²) in [6.45, 7) is 2.46. The highest BCUT2D eigenvalue weighted by Gasteiger charge is 2.27. The Morgan fingerprint density at radius 3 is 3.00 bits per heavy atom. The maximum Gasteiger partial charge on any atom is 0.219 e. The minimum Gasteiger partial charge on any atom is -0.336 e. The standard InChI is InChI=1S/C11H13ClN2O/c1-8(15)14-6-2-3-10(14)9-4-5-11(12)13-7-9/h4-5,7,10H,2-3,6H2,1H3. The second kappa shape index (κ2) is 4.19. The quantitative estimate of drug-likeness (QED) is 0.687. The number of carbonyl (C=O) groups excluding carboxylic acids is 1. The molecule has 1 aliphatic heterocycles. The van der Waals surface area contributed by atoms with Crippen molar-refractivity contribution in [2.24, 2.45) is 0 Å². The number of hydrogen-bond donors (Lipinski definition) is 0. The highest BCUT2D eigenvalue weighted by atomic mass is 35.5. The first-order valence-electron chi connectivity index (χ1n) is 5.07. The maximum atomic E-state index is 11.4. The van der Waals surface area contributed by atoms with Crippen molar-refractivity contribution in [3.63, 3.8) is 0 Å². The predicted octanol–water partition coefficient (Wildman–Crippen LogP) is 2.42. The molecule has 0 aromatic carbocycles. The molecular formula is C11H13ClN2O. The first-order chi connectivity index (χ1) is 7.18. The van der Waals surface area contributed by atoms with Gasteiger partial charge in [0.1, 0.15) is 5.15 Å². The molecule has 2 rings (SSSR count). The van der Waals surface area contributed by atoms with Gasteiger partial charge in [-0.3, -0.25) is 4.79 Å². The van der Waals surface area contributed by atoms with Crippen LogP contribution in [-0.4, -0.2) is 22.3 Å². The van der Waals surface area contributed by atoms with E-state index in [1.165, 1.54) is 0 Å². The van der Waals surface area contributed by atoms with Crippen molar-refractivity contribution in [2.75, 3.05) is 6.54 Å². The fourth-order valence-electron chi connectivity index (χ4n) is 2.07. The number of pyridine rings is 1. The van der Waals surface area contributed by atoms with Crippen LogP contribution >= 0.6 is 11.6 Å². The zero-order chi connectivity index (χ0) is 10.8. The molecule has 1 aromatic heterocycles. The Balaban J connectivity index is 2.22. The zero-order valence-corrected chi connectivity index (χ0v) is 9.37. The van der Waals surface area contributed by atoms with Gasteiger partial charge < -0.3 is 4.90 Å². The number of halogens is 1. The molecule has 3 nitrogen and oxygen atoms in total. The van der Waals surface area contributed by atoms with E-state index < -0.39 is 0 Å². The Morgan fingerprint density at radius 1 is 1.60 bits per heavy atom. The van der Waals surface area contributed by atoms with Crippen molar-refractivity contribution in [3.8, 4) is 0 Å². The van der Waals surface area contributed by atoms with Crippen LogP contribution < -0.4 is 0 Å². The summed E-state index contributed by atoms with van der Waals surface area (Å²) < 4.78 is 0. The molecule has 15 heavy (non-hydrogen) atoms. The second-order valence-corrected chi connectivity index (χ2v) is 4.17. The van der Waals surface area contributed by atoms with Crippen LogP contribution in [-0.2, 0) is 4.79 Å². The van der Waals surface area contributed by atoms with E-state index >= 15 is 0 Å². The Kier molecular flexibility index (Phi) is 2.91. The van der Waals surface area contributed by atoms with Gasteiger partial charge in [-0.05, 0) is 24.5 Å². The van der Waals surface area contributed by atoms with Crippen LogP contribution in [0.3, 0.4) is 0 Å². The van der Waals surface area contributed by atoms with E-state index in [0.29, 0.717) is 5.15 Å². The highest BCUT2D eigenvalue weighted by molar-refractivity contribution is 6.29. The minimum atomic E-state index is 0.132. The molecule has 0 radical (unpaired) electrons. The van der Waals surface area contributed by atoms with Crippen LogP contribution in [0.25, 0.3) is 0 Å². The summed E-state index contributed by atoms with van der Waals surface area (Å²) in [5.74, 6) is 0.132. The van der Waals surface area contributed by atoms with Crippen LogP contribution in [0.1, 0.15) is 31.4 Å². The summed E-state index contributed by atoms with van der Waals surface area (Å²) in [5, 5.41) is 0.492. The lowest BCUT2D eigenvalue weighted by atomic mass is 10.1. The van der Waals surface area contributed by atoms with Gasteiger partial charge in [-0.25, -0.2) is 4.98 Å². The number of aromatic nitrogens is 1. The molecule has 1 unspecified atom stereocenters. The molecule has 1 fully saturated rings. The molecule has 80 valence electrons. The second-order valence-electron chi connectivity index (χ2n) is 3.78. The number of nitrogens with zero attached hydrogens (tertiary/aromatic N) is 2. The lowest BCUT2D eigenvalue weighted by Gasteiger charge is -2.23. The van der Waals surface area contributed by atoms with E-state index in [1.54, 1.807) is 19.2 Å². The largest absolute Gasteiger partial charge is 0.336 e. The van der Waals surface area contributed by atoms with Crippen LogP contribution in [0.5, 0.6) is 0 Å². The van der Waals surface area contributed by atoms with Gasteiger partial charge >= 0.3 is 0 Å². The molecule has 0 bridgehead atoms. The molecule has 2 heterocycles. The molecule has 1 aliphatic rings. The van der Waals surface area contributed by atoms with Crippen LogP contribution in [0.2, 0.25) is 5.15 Å². The van der Waals surface area contributed by atoms with E-state index in [2.05, 4.69) is 4.98 Å². The summed E-state index contributed by atoms with van der Waals surface area (Å²) in [4.78, 5) is 17.3. The molecular weight excluding hydrogens is 212 g/mol. The van der Waals surface area contributed by atoms with Gasteiger partial charge in [0.15, 0.2) is 0 Å². The summed E-state index contributed by atoms with van der Waals surface area (Å²) in [6.07, 6.45) is 3.84. The fraction of sp³-hybridized carbons (Fsp3) is 0.455. The van der Waals surface area contributed by atoms with E-state index in [9.17, 15) is 4.79 Å². The summed E-state index contributed by atoms with van der Waals surface area (Å²) in [6, 6.07) is 3.90. The van der Waals surface area contributed by atoms with Crippen LogP contribution in [0, 0.1) is 0 Å². The SMILES string of the molecule is CC(=O)N1CCCC1c1ccc(Cl)nc1. The van der Waals surface area contributed by atoms with Crippen molar-refractivity contribution in [1.29, 1.82) is 0 Å². The molecule has 0 N–H and O–H groups in total. The average Bonchev–Trinajstić information content (AvgIpc) is 2.67. The first-order valence-corrected chi connectivity index (χ1v) is 5.45. The fourth-order valence-corrected chi connectivity index (χ4v) is 2.19. The third-order valence-corrected chi connectivity index (χ3v) is 3.02. The number of likely N-dealkylation sites (tertiary alicyclic amines) is 1. The van der Waals surface area contributed by atoms with Crippen molar-refractivity contribution in [2.45, 2.75) is 25.8 Å². The lowest BCUT2D eigenvalue weighted by molar-refractivity contribution is -0.129. The molecule has 1 saturated heterocycles. The van der Waals surface area contributed by atoms with Gasteiger partial charge in [0.2, 0.25) is 5.91 Å². The van der Waals surface area contributed by atoms with E-state index in [0.717, 1.165) is 24.9 Å². The van der Waals surface area contributed by atoms with Gasteiger partial charge in [-0.15, -0.1) is 0 Å². The molecule has 0 aliphatic carbocycles. The maximum absolute atomic E-state index is 11.4. The number of amides is 1. The molecule has 0 spiro atoms. The molecule has 4 heteroatoms. The van der Waals surface area contributed by atoms with Crippen molar-refractivity contribution < 1.29 is 4.79 Å². The summed E-state index contributed by atoms with van der Waals surface area (Å²) in [5.41, 5.74) is 1.08. The first kappa shape index (κ1) is 10.4. The normalized spacial score (nSPS) is 20.7. The van der Waals surface area contributed by atoms with Gasteiger partial charge in [0, 0.05) is 19.7 Å². The summed E-state index contributed by atoms with van der Waals surface area (Å²) in [7, 11) is 0. The number of rotatable bonds is 1. The van der Waals surface area contributed by atoms with Gasteiger partial charge in [0.05, 0.1) is 6.04 Å². The predicted molar refractivity (Wildman–Crippen MR) is 58.6 cm³/mol. The molecule has 0 saturated carbocycles. The third kappa shape index (κ3) is 2.12. The molecule has 1 atom stereocenters. The van der Waals surface area contributed by atoms with E-state index in [4.69, 9.17) is 11.6 Å². The Hall–Kier alpha value is -1.09. The van der Waals surface area contributed by atoms with Crippen molar-refractivity contribution >= 4 is 17.5 Å². The molecule has 1 aromatic rings. The Labute approximate surface area is 94.1 Å². The van der Waals surface area contributed by atoms with Gasteiger partial charge in [-0.1, -0.05) is 17.7 Å². The average molecular weight is 225 g/mol. The molecule has 1 amide bonds. The van der Waals surface area contributed by atoms with Crippen LogP contribution in [0.4, 0.5) is 0 Å². The smallest absolute Gasteiger partial charge is 0.219 e. The Morgan fingerprint density at radius 2 is 2.40 bits per heavy atom. The number of hydrogen-bond acceptors (Lipinski definition) is 2. The lowest BCUT2D eigenvalue weighted by Crippen LogP contribution is -2.28. The Bertz CT molecular complexity index is 363. The van der Waals surface area contributed by atoms with Crippen LogP contribution in [0.15, 0.2) is 18.3 Å².